The Labute approximate surface area is 79.1 Å². The summed E-state index contributed by atoms with van der Waals surface area (Å²) in [6, 6.07) is 10.3. The van der Waals surface area contributed by atoms with Crippen molar-refractivity contribution >= 4 is 6.29 Å². The molecule has 1 heteroatoms. The number of allylic oxidation sites excluding steroid dienone is 2. The van der Waals surface area contributed by atoms with Crippen LogP contribution in [-0.4, -0.2) is 6.29 Å². The zero-order valence-electron chi connectivity index (χ0n) is 7.81. The van der Waals surface area contributed by atoms with Crippen molar-refractivity contribution in [1.82, 2.24) is 0 Å². The van der Waals surface area contributed by atoms with Gasteiger partial charge in [-0.2, -0.15) is 0 Å². The molecule has 1 rings (SSSR count). The maximum absolute atomic E-state index is 10.0. The van der Waals surface area contributed by atoms with Crippen LogP contribution in [0.2, 0.25) is 0 Å². The second-order valence-corrected chi connectivity index (χ2v) is 3.11. The molecular weight excluding hydrogens is 160 g/mol. The van der Waals surface area contributed by atoms with Gasteiger partial charge in [0.1, 0.15) is 6.29 Å². The fourth-order valence-corrected chi connectivity index (χ4v) is 1.26. The molecule has 68 valence electrons. The molecule has 13 heavy (non-hydrogen) atoms. The molecule has 0 amide bonds. The highest BCUT2D eigenvalue weighted by atomic mass is 16.1. The largest absolute Gasteiger partial charge is 0.299 e. The number of carbonyl (C=O) groups is 1. The molecular formula is C12H14O. The molecule has 0 aliphatic carbocycles. The molecule has 0 saturated carbocycles. The van der Waals surface area contributed by atoms with E-state index in [2.05, 4.69) is 19.1 Å². The molecule has 0 bridgehead atoms. The third kappa shape index (κ3) is 3.24. The topological polar surface area (TPSA) is 17.1 Å². The van der Waals surface area contributed by atoms with Crippen LogP contribution in [-0.2, 0) is 4.79 Å². The molecule has 0 aromatic heterocycles. The number of benzene rings is 1. The molecule has 0 saturated heterocycles. The highest BCUT2D eigenvalue weighted by molar-refractivity contribution is 5.64. The SMILES string of the molecule is CC(C/C=C\C=O)c1ccccc1. The standard InChI is InChI=1S/C12H14O/c1-11(7-5-6-10-13)12-8-3-2-4-9-12/h2-6,8-11H,7H2,1H3/b6-5-. The molecule has 1 atom stereocenters. The summed E-state index contributed by atoms with van der Waals surface area (Å²) in [4.78, 5) is 10.0. The molecule has 0 aliphatic heterocycles. The van der Waals surface area contributed by atoms with E-state index in [1.54, 1.807) is 6.08 Å². The Balaban J connectivity index is 2.53. The smallest absolute Gasteiger partial charge is 0.142 e. The summed E-state index contributed by atoms with van der Waals surface area (Å²) in [5.74, 6) is 0.484. The third-order valence-electron chi connectivity index (χ3n) is 2.07. The van der Waals surface area contributed by atoms with E-state index in [-0.39, 0.29) is 0 Å². The molecule has 1 nitrogen and oxygen atoms in total. The van der Waals surface area contributed by atoms with Gasteiger partial charge in [0.05, 0.1) is 0 Å². The van der Waals surface area contributed by atoms with Crippen molar-refractivity contribution in [2.24, 2.45) is 0 Å². The fraction of sp³-hybridized carbons (Fsp3) is 0.250. The van der Waals surface area contributed by atoms with Gasteiger partial charge in [-0.1, -0.05) is 43.3 Å². The average molecular weight is 174 g/mol. The first-order valence-corrected chi connectivity index (χ1v) is 4.50. The Hall–Kier alpha value is -1.37. The van der Waals surface area contributed by atoms with E-state index < -0.39 is 0 Å². The molecule has 0 N–H and O–H groups in total. The first-order chi connectivity index (χ1) is 6.34. The van der Waals surface area contributed by atoms with E-state index in [1.165, 1.54) is 5.56 Å². The van der Waals surface area contributed by atoms with Crippen molar-refractivity contribution in [3.8, 4) is 0 Å². The van der Waals surface area contributed by atoms with Crippen molar-refractivity contribution in [3.63, 3.8) is 0 Å². The van der Waals surface area contributed by atoms with Crippen LogP contribution in [0.3, 0.4) is 0 Å². The second-order valence-electron chi connectivity index (χ2n) is 3.11. The van der Waals surface area contributed by atoms with E-state index >= 15 is 0 Å². The molecule has 0 aliphatic rings. The van der Waals surface area contributed by atoms with Gasteiger partial charge in [0.25, 0.3) is 0 Å². The number of rotatable bonds is 4. The lowest BCUT2D eigenvalue weighted by atomic mass is 9.98. The maximum atomic E-state index is 10.0. The van der Waals surface area contributed by atoms with Gasteiger partial charge >= 0.3 is 0 Å². The minimum Gasteiger partial charge on any atom is -0.299 e. The molecule has 1 aromatic rings. The van der Waals surface area contributed by atoms with Crippen molar-refractivity contribution in [1.29, 1.82) is 0 Å². The number of carbonyl (C=O) groups excluding carboxylic acids is 1. The van der Waals surface area contributed by atoms with Gasteiger partial charge in [-0.3, -0.25) is 4.79 Å². The molecule has 0 fully saturated rings. The molecule has 1 unspecified atom stereocenters. The molecule has 0 heterocycles. The van der Waals surface area contributed by atoms with Crippen LogP contribution < -0.4 is 0 Å². The predicted molar refractivity (Wildman–Crippen MR) is 54.7 cm³/mol. The monoisotopic (exact) mass is 174 g/mol. The van der Waals surface area contributed by atoms with Crippen LogP contribution in [0.25, 0.3) is 0 Å². The Morgan fingerprint density at radius 2 is 2.00 bits per heavy atom. The highest BCUT2D eigenvalue weighted by Crippen LogP contribution is 2.18. The van der Waals surface area contributed by atoms with Crippen LogP contribution in [0.5, 0.6) is 0 Å². The molecule has 0 spiro atoms. The van der Waals surface area contributed by atoms with Crippen molar-refractivity contribution in [2.45, 2.75) is 19.3 Å². The quantitative estimate of drug-likeness (QED) is 0.506. The van der Waals surface area contributed by atoms with E-state index in [0.29, 0.717) is 5.92 Å². The molecule has 0 radical (unpaired) electrons. The highest BCUT2D eigenvalue weighted by Gasteiger charge is 2.00. The minimum atomic E-state index is 0.484. The van der Waals surface area contributed by atoms with Gasteiger partial charge in [0.2, 0.25) is 0 Å². The van der Waals surface area contributed by atoms with Gasteiger partial charge in [0.15, 0.2) is 0 Å². The van der Waals surface area contributed by atoms with Crippen LogP contribution in [0.4, 0.5) is 0 Å². The third-order valence-corrected chi connectivity index (χ3v) is 2.07. The van der Waals surface area contributed by atoms with E-state index in [0.717, 1.165) is 12.7 Å². The van der Waals surface area contributed by atoms with Crippen LogP contribution in [0, 0.1) is 0 Å². The lowest BCUT2D eigenvalue weighted by Crippen LogP contribution is -1.90. The van der Waals surface area contributed by atoms with Crippen molar-refractivity contribution in [2.75, 3.05) is 0 Å². The van der Waals surface area contributed by atoms with Gasteiger partial charge in [-0.15, -0.1) is 0 Å². The number of hydrogen-bond donors (Lipinski definition) is 0. The van der Waals surface area contributed by atoms with Crippen LogP contribution in [0.15, 0.2) is 42.5 Å². The molecule has 1 aromatic carbocycles. The number of hydrogen-bond acceptors (Lipinski definition) is 1. The van der Waals surface area contributed by atoms with E-state index in [4.69, 9.17) is 0 Å². The van der Waals surface area contributed by atoms with E-state index in [9.17, 15) is 4.79 Å². The summed E-state index contributed by atoms with van der Waals surface area (Å²) in [6.45, 7) is 2.16. The Kier molecular flexibility index (Phi) is 3.97. The maximum Gasteiger partial charge on any atom is 0.142 e. The van der Waals surface area contributed by atoms with E-state index in [1.807, 2.05) is 24.3 Å². The van der Waals surface area contributed by atoms with Crippen molar-refractivity contribution < 1.29 is 4.79 Å². The zero-order chi connectivity index (χ0) is 9.52. The minimum absolute atomic E-state index is 0.484. The first-order valence-electron chi connectivity index (χ1n) is 4.50. The Bertz CT molecular complexity index is 274. The summed E-state index contributed by atoms with van der Waals surface area (Å²) in [6.07, 6.45) is 5.20. The predicted octanol–water partition coefficient (Wildman–Crippen LogP) is 2.94. The summed E-state index contributed by atoms with van der Waals surface area (Å²) >= 11 is 0. The van der Waals surface area contributed by atoms with Gasteiger partial charge in [-0.25, -0.2) is 0 Å². The Morgan fingerprint density at radius 1 is 1.31 bits per heavy atom. The summed E-state index contributed by atoms with van der Waals surface area (Å²) in [5.41, 5.74) is 1.32. The van der Waals surface area contributed by atoms with Crippen LogP contribution >= 0.6 is 0 Å². The normalized spacial score (nSPS) is 13.0. The zero-order valence-corrected chi connectivity index (χ0v) is 7.81. The van der Waals surface area contributed by atoms with Crippen LogP contribution in [0.1, 0.15) is 24.8 Å². The first kappa shape index (κ1) is 9.72. The van der Waals surface area contributed by atoms with Gasteiger partial charge in [0, 0.05) is 0 Å². The average Bonchev–Trinajstić information content (AvgIpc) is 2.19. The lowest BCUT2D eigenvalue weighted by Gasteiger charge is -2.07. The fourth-order valence-electron chi connectivity index (χ4n) is 1.26. The van der Waals surface area contributed by atoms with Crippen molar-refractivity contribution in [3.05, 3.63) is 48.0 Å². The summed E-state index contributed by atoms with van der Waals surface area (Å²) < 4.78 is 0. The lowest BCUT2D eigenvalue weighted by molar-refractivity contribution is -0.104. The number of aldehydes is 1. The summed E-state index contributed by atoms with van der Waals surface area (Å²) in [7, 11) is 0. The van der Waals surface area contributed by atoms with Gasteiger partial charge < -0.3 is 0 Å². The Morgan fingerprint density at radius 3 is 2.62 bits per heavy atom. The summed E-state index contributed by atoms with van der Waals surface area (Å²) in [5, 5.41) is 0. The van der Waals surface area contributed by atoms with Gasteiger partial charge in [-0.05, 0) is 24.0 Å². The second kappa shape index (κ2) is 5.31.